The van der Waals surface area contributed by atoms with E-state index in [1.807, 2.05) is 19.1 Å². The molecule has 1 rings (SSSR count). The van der Waals surface area contributed by atoms with Gasteiger partial charge in [0, 0.05) is 24.9 Å². The maximum atomic E-state index is 5.57. The van der Waals surface area contributed by atoms with Crippen molar-refractivity contribution in [2.75, 3.05) is 19.8 Å². The summed E-state index contributed by atoms with van der Waals surface area (Å²) in [5.74, 6) is 1.19. The lowest BCUT2D eigenvalue weighted by Crippen LogP contribution is -2.11. The summed E-state index contributed by atoms with van der Waals surface area (Å²) in [4.78, 5) is 4.32. The molecule has 0 saturated carbocycles. The molecule has 0 aliphatic heterocycles. The van der Waals surface area contributed by atoms with Gasteiger partial charge in [0.25, 0.3) is 0 Å². The number of hydrogen-bond donors (Lipinski definition) is 1. The fourth-order valence-corrected chi connectivity index (χ4v) is 1.39. The van der Waals surface area contributed by atoms with Gasteiger partial charge in [-0.05, 0) is 18.4 Å². The van der Waals surface area contributed by atoms with Gasteiger partial charge >= 0.3 is 0 Å². The molecule has 0 atom stereocenters. The molecule has 0 spiro atoms. The van der Waals surface area contributed by atoms with Crippen molar-refractivity contribution in [3.63, 3.8) is 0 Å². The highest BCUT2D eigenvalue weighted by atomic mass is 16.5. The number of hydrogen-bond acceptors (Lipinski definition) is 4. The Balaban J connectivity index is 2.30. The molecule has 0 aliphatic rings. The van der Waals surface area contributed by atoms with Crippen LogP contribution < -0.4 is 10.5 Å². The van der Waals surface area contributed by atoms with E-state index in [2.05, 4.69) is 18.8 Å². The Kier molecular flexibility index (Phi) is 5.94. The zero-order valence-electron chi connectivity index (χ0n) is 10.9. The van der Waals surface area contributed by atoms with Gasteiger partial charge in [0.1, 0.15) is 6.61 Å². The van der Waals surface area contributed by atoms with Crippen molar-refractivity contribution in [3.05, 3.63) is 23.4 Å². The fraction of sp³-hybridized carbons (Fsp3) is 0.615. The summed E-state index contributed by atoms with van der Waals surface area (Å²) in [6.07, 6.45) is 0. The van der Waals surface area contributed by atoms with Crippen LogP contribution in [0.2, 0.25) is 0 Å². The molecule has 2 N–H and O–H groups in total. The number of ether oxygens (including phenoxy) is 2. The first-order valence-corrected chi connectivity index (χ1v) is 6.00. The van der Waals surface area contributed by atoms with E-state index < -0.39 is 0 Å². The average molecular weight is 238 g/mol. The first-order valence-electron chi connectivity index (χ1n) is 6.00. The molecule has 1 aromatic heterocycles. The first kappa shape index (κ1) is 13.9. The summed E-state index contributed by atoms with van der Waals surface area (Å²) in [5, 5.41) is 0. The smallest absolute Gasteiger partial charge is 0.213 e. The summed E-state index contributed by atoms with van der Waals surface area (Å²) in [5.41, 5.74) is 7.54. The predicted molar refractivity (Wildman–Crippen MR) is 68.0 cm³/mol. The third-order valence-corrected chi connectivity index (χ3v) is 2.32. The van der Waals surface area contributed by atoms with Crippen LogP contribution in [0.5, 0.6) is 5.88 Å². The highest BCUT2D eigenvalue weighted by molar-refractivity contribution is 5.24. The van der Waals surface area contributed by atoms with E-state index in [0.717, 1.165) is 17.9 Å². The highest BCUT2D eigenvalue weighted by Gasteiger charge is 2.01. The minimum absolute atomic E-state index is 0.511. The topological polar surface area (TPSA) is 57.4 Å². The van der Waals surface area contributed by atoms with Crippen LogP contribution in [0.15, 0.2) is 12.1 Å². The summed E-state index contributed by atoms with van der Waals surface area (Å²) >= 11 is 0. The summed E-state index contributed by atoms with van der Waals surface area (Å²) in [7, 11) is 0. The molecule has 0 bridgehead atoms. The van der Waals surface area contributed by atoms with Crippen molar-refractivity contribution in [3.8, 4) is 5.88 Å². The Morgan fingerprint density at radius 1 is 1.29 bits per heavy atom. The molecule has 1 aromatic rings. The van der Waals surface area contributed by atoms with Gasteiger partial charge in [-0.25, -0.2) is 4.98 Å². The normalized spacial score (nSPS) is 10.9. The van der Waals surface area contributed by atoms with Gasteiger partial charge < -0.3 is 15.2 Å². The Bertz CT molecular complexity index is 340. The molecular weight excluding hydrogens is 216 g/mol. The van der Waals surface area contributed by atoms with Crippen LogP contribution in [0.3, 0.4) is 0 Å². The van der Waals surface area contributed by atoms with Gasteiger partial charge in [0.15, 0.2) is 0 Å². The SMILES string of the molecule is Cc1nc(OCCOCC(C)C)ccc1CN. The fourth-order valence-electron chi connectivity index (χ4n) is 1.39. The largest absolute Gasteiger partial charge is 0.475 e. The molecule has 4 nitrogen and oxygen atoms in total. The number of rotatable bonds is 7. The van der Waals surface area contributed by atoms with E-state index in [1.54, 1.807) is 0 Å². The van der Waals surface area contributed by atoms with Crippen LogP contribution in [-0.2, 0) is 11.3 Å². The Morgan fingerprint density at radius 2 is 2.06 bits per heavy atom. The minimum atomic E-state index is 0.511. The molecule has 0 unspecified atom stereocenters. The van der Waals surface area contributed by atoms with Crippen molar-refractivity contribution in [1.82, 2.24) is 4.98 Å². The van der Waals surface area contributed by atoms with Gasteiger partial charge in [-0.3, -0.25) is 0 Å². The van der Waals surface area contributed by atoms with Crippen molar-refractivity contribution in [2.24, 2.45) is 11.7 Å². The van der Waals surface area contributed by atoms with E-state index in [1.165, 1.54) is 0 Å². The lowest BCUT2D eigenvalue weighted by atomic mass is 10.2. The molecule has 4 heteroatoms. The molecule has 96 valence electrons. The van der Waals surface area contributed by atoms with E-state index in [9.17, 15) is 0 Å². The van der Waals surface area contributed by atoms with E-state index >= 15 is 0 Å². The molecular formula is C13H22N2O2. The van der Waals surface area contributed by atoms with Crippen molar-refractivity contribution in [1.29, 1.82) is 0 Å². The van der Waals surface area contributed by atoms with Crippen molar-refractivity contribution in [2.45, 2.75) is 27.3 Å². The zero-order valence-corrected chi connectivity index (χ0v) is 10.9. The number of nitrogens with two attached hydrogens (primary N) is 1. The zero-order chi connectivity index (χ0) is 12.7. The lowest BCUT2D eigenvalue weighted by Gasteiger charge is -2.09. The van der Waals surface area contributed by atoms with Crippen molar-refractivity contribution >= 4 is 0 Å². The average Bonchev–Trinajstić information content (AvgIpc) is 2.28. The van der Waals surface area contributed by atoms with E-state index in [0.29, 0.717) is 31.6 Å². The molecule has 0 saturated heterocycles. The first-order chi connectivity index (χ1) is 8.13. The maximum Gasteiger partial charge on any atom is 0.213 e. The molecule has 0 amide bonds. The quantitative estimate of drug-likeness (QED) is 0.737. The Hall–Kier alpha value is -1.13. The van der Waals surface area contributed by atoms with Gasteiger partial charge in [-0.15, -0.1) is 0 Å². The number of aromatic nitrogens is 1. The second-order valence-electron chi connectivity index (χ2n) is 4.42. The van der Waals surface area contributed by atoms with Crippen LogP contribution in [0.25, 0.3) is 0 Å². The number of pyridine rings is 1. The summed E-state index contributed by atoms with van der Waals surface area (Å²) in [6.45, 7) is 8.58. The maximum absolute atomic E-state index is 5.57. The molecule has 0 aliphatic carbocycles. The van der Waals surface area contributed by atoms with E-state index in [4.69, 9.17) is 15.2 Å². The van der Waals surface area contributed by atoms with Crippen LogP contribution in [0.1, 0.15) is 25.1 Å². The molecule has 0 aromatic carbocycles. The monoisotopic (exact) mass is 238 g/mol. The predicted octanol–water partition coefficient (Wildman–Crippen LogP) is 1.90. The van der Waals surface area contributed by atoms with Crippen LogP contribution in [0.4, 0.5) is 0 Å². The minimum Gasteiger partial charge on any atom is -0.475 e. The molecule has 17 heavy (non-hydrogen) atoms. The van der Waals surface area contributed by atoms with Crippen LogP contribution >= 0.6 is 0 Å². The molecule has 1 heterocycles. The Morgan fingerprint density at radius 3 is 2.65 bits per heavy atom. The summed E-state index contributed by atoms with van der Waals surface area (Å²) in [6, 6.07) is 3.80. The Labute approximate surface area is 103 Å². The summed E-state index contributed by atoms with van der Waals surface area (Å²) < 4.78 is 10.9. The van der Waals surface area contributed by atoms with Gasteiger partial charge in [-0.2, -0.15) is 0 Å². The molecule has 0 fully saturated rings. The van der Waals surface area contributed by atoms with Crippen LogP contribution in [0, 0.1) is 12.8 Å². The second-order valence-corrected chi connectivity index (χ2v) is 4.42. The van der Waals surface area contributed by atoms with Crippen LogP contribution in [-0.4, -0.2) is 24.8 Å². The number of aryl methyl sites for hydroxylation is 1. The van der Waals surface area contributed by atoms with Crippen molar-refractivity contribution < 1.29 is 9.47 Å². The van der Waals surface area contributed by atoms with E-state index in [-0.39, 0.29) is 0 Å². The third kappa shape index (κ3) is 5.15. The highest BCUT2D eigenvalue weighted by Crippen LogP contribution is 2.11. The second kappa shape index (κ2) is 7.25. The van der Waals surface area contributed by atoms with Gasteiger partial charge in [0.05, 0.1) is 6.61 Å². The lowest BCUT2D eigenvalue weighted by molar-refractivity contribution is 0.0806. The number of nitrogens with zero attached hydrogens (tertiary/aromatic N) is 1. The van der Waals surface area contributed by atoms with Gasteiger partial charge in [-0.1, -0.05) is 19.9 Å². The third-order valence-electron chi connectivity index (χ3n) is 2.32. The van der Waals surface area contributed by atoms with Gasteiger partial charge in [0.2, 0.25) is 5.88 Å². The standard InChI is InChI=1S/C13H22N2O2/c1-10(2)9-16-6-7-17-13-5-4-12(8-14)11(3)15-13/h4-5,10H,6-9,14H2,1-3H3. The molecule has 0 radical (unpaired) electrons.